The highest BCUT2D eigenvalue weighted by atomic mass is 32.1. The Morgan fingerprint density at radius 2 is 1.74 bits per heavy atom. The molecule has 4 aromatic rings. The van der Waals surface area contributed by atoms with E-state index in [1.165, 1.54) is 11.3 Å². The summed E-state index contributed by atoms with van der Waals surface area (Å²) in [6, 6.07) is 13.6. The number of amides is 1. The molecule has 4 heterocycles. The third-order valence-corrected chi connectivity index (χ3v) is 6.56. The van der Waals surface area contributed by atoms with Crippen molar-refractivity contribution in [1.82, 2.24) is 9.97 Å². The van der Waals surface area contributed by atoms with Gasteiger partial charge in [-0.3, -0.25) is 10.1 Å². The molecule has 0 saturated carbocycles. The van der Waals surface area contributed by atoms with E-state index in [0.29, 0.717) is 29.7 Å². The number of benzene rings is 2. The fourth-order valence-corrected chi connectivity index (χ4v) is 5.00. The maximum absolute atomic E-state index is 13.3. The van der Waals surface area contributed by atoms with E-state index in [9.17, 15) is 4.79 Å². The summed E-state index contributed by atoms with van der Waals surface area (Å²) >= 11 is 1.42. The van der Waals surface area contributed by atoms with Crippen molar-refractivity contribution in [2.24, 2.45) is 0 Å². The van der Waals surface area contributed by atoms with Crippen LogP contribution in [-0.2, 0) is 0 Å². The quantitative estimate of drug-likeness (QED) is 0.515. The van der Waals surface area contributed by atoms with Crippen LogP contribution in [-0.4, -0.2) is 42.2 Å². The summed E-state index contributed by atoms with van der Waals surface area (Å²) in [4.78, 5) is 24.9. The van der Waals surface area contributed by atoms with Gasteiger partial charge >= 0.3 is 0 Å². The van der Waals surface area contributed by atoms with E-state index < -0.39 is 0 Å². The summed E-state index contributed by atoms with van der Waals surface area (Å²) < 4.78 is 12.2. The second-order valence-corrected chi connectivity index (χ2v) is 8.71. The van der Waals surface area contributed by atoms with Gasteiger partial charge in [0.2, 0.25) is 0 Å². The summed E-state index contributed by atoms with van der Waals surface area (Å²) in [5, 5.41) is 4.48. The number of nitrogens with zero attached hydrogens (tertiary/aromatic N) is 3. The number of ether oxygens (including phenoxy) is 2. The summed E-state index contributed by atoms with van der Waals surface area (Å²) in [6.07, 6.45) is 2.23. The topological polar surface area (TPSA) is 76.6 Å². The van der Waals surface area contributed by atoms with Crippen LogP contribution in [0.2, 0.25) is 0 Å². The molecular weight excluding hydrogens is 412 g/mol. The van der Waals surface area contributed by atoms with Crippen LogP contribution in [0.4, 0.5) is 10.9 Å². The standard InChI is InChI=1S/C23H20N4O3S/c28-22(26-23-25-17-12-18-19(13-20(17)31-23)30-10-9-29-18)15-11-14-5-1-2-6-16(14)24-21(15)27-7-3-4-8-27/h1-2,5-6,11-13H,3-4,7-10H2,(H,25,26,28). The zero-order valence-electron chi connectivity index (χ0n) is 16.8. The van der Waals surface area contributed by atoms with Gasteiger partial charge < -0.3 is 14.4 Å². The molecule has 2 aliphatic heterocycles. The Kier molecular flexibility index (Phi) is 4.38. The van der Waals surface area contributed by atoms with E-state index in [4.69, 9.17) is 14.5 Å². The number of nitrogens with one attached hydrogen (secondary N) is 1. The largest absolute Gasteiger partial charge is 0.486 e. The van der Waals surface area contributed by atoms with E-state index in [1.807, 2.05) is 42.5 Å². The average molecular weight is 433 g/mol. The van der Waals surface area contributed by atoms with Gasteiger partial charge in [-0.25, -0.2) is 9.97 Å². The minimum Gasteiger partial charge on any atom is -0.486 e. The molecule has 0 atom stereocenters. The number of thiazole rings is 1. The second-order valence-electron chi connectivity index (χ2n) is 7.68. The molecule has 0 radical (unpaired) electrons. The highest BCUT2D eigenvalue weighted by molar-refractivity contribution is 7.22. The van der Waals surface area contributed by atoms with Crippen LogP contribution in [0, 0.1) is 0 Å². The lowest BCUT2D eigenvalue weighted by Crippen LogP contribution is -2.24. The van der Waals surface area contributed by atoms with E-state index in [2.05, 4.69) is 15.2 Å². The molecule has 1 fully saturated rings. The van der Waals surface area contributed by atoms with Gasteiger partial charge in [-0.05, 0) is 25.0 Å². The molecule has 2 aromatic heterocycles. The highest BCUT2D eigenvalue weighted by Crippen LogP contribution is 2.38. The summed E-state index contributed by atoms with van der Waals surface area (Å²) in [7, 11) is 0. The molecule has 1 N–H and O–H groups in total. The van der Waals surface area contributed by atoms with Gasteiger partial charge in [0, 0.05) is 30.6 Å². The van der Waals surface area contributed by atoms with Crippen LogP contribution in [0.5, 0.6) is 11.5 Å². The van der Waals surface area contributed by atoms with Crippen LogP contribution in [0.3, 0.4) is 0 Å². The van der Waals surface area contributed by atoms with Crippen LogP contribution in [0.15, 0.2) is 42.5 Å². The van der Waals surface area contributed by atoms with E-state index in [-0.39, 0.29) is 5.91 Å². The summed E-state index contributed by atoms with van der Waals surface area (Å²) in [5.74, 6) is 1.95. The lowest BCUT2D eigenvalue weighted by atomic mass is 10.1. The number of carbonyl (C=O) groups is 1. The molecule has 0 aliphatic carbocycles. The fourth-order valence-electron chi connectivity index (χ4n) is 4.13. The van der Waals surface area contributed by atoms with Gasteiger partial charge in [0.05, 0.1) is 21.3 Å². The third kappa shape index (κ3) is 3.33. The highest BCUT2D eigenvalue weighted by Gasteiger charge is 2.23. The zero-order valence-corrected chi connectivity index (χ0v) is 17.6. The molecule has 8 heteroatoms. The lowest BCUT2D eigenvalue weighted by Gasteiger charge is -2.20. The first-order valence-corrected chi connectivity index (χ1v) is 11.2. The second kappa shape index (κ2) is 7.39. The van der Waals surface area contributed by atoms with Gasteiger partial charge in [-0.15, -0.1) is 0 Å². The Balaban J connectivity index is 1.36. The predicted octanol–water partition coefficient (Wildman–Crippen LogP) is 4.47. The van der Waals surface area contributed by atoms with E-state index >= 15 is 0 Å². The smallest absolute Gasteiger partial charge is 0.261 e. The fraction of sp³-hybridized carbons (Fsp3) is 0.261. The summed E-state index contributed by atoms with van der Waals surface area (Å²) in [6.45, 7) is 2.90. The SMILES string of the molecule is O=C(Nc1nc2cc3c(cc2s1)OCCO3)c1cc2ccccc2nc1N1CCCC1. The number of pyridine rings is 1. The van der Waals surface area contributed by atoms with Gasteiger partial charge in [-0.2, -0.15) is 0 Å². The molecule has 1 amide bonds. The van der Waals surface area contributed by atoms with Crippen molar-refractivity contribution in [2.45, 2.75) is 12.8 Å². The van der Waals surface area contributed by atoms with Crippen LogP contribution < -0.4 is 19.7 Å². The van der Waals surface area contributed by atoms with Crippen LogP contribution in [0.25, 0.3) is 21.1 Å². The first kappa shape index (κ1) is 18.4. The normalized spacial score (nSPS) is 15.5. The molecule has 156 valence electrons. The number of carbonyl (C=O) groups excluding carboxylic acids is 1. The number of rotatable bonds is 3. The molecule has 1 saturated heterocycles. The average Bonchev–Trinajstić information content (AvgIpc) is 3.46. The molecule has 0 spiro atoms. The first-order chi connectivity index (χ1) is 15.2. The van der Waals surface area contributed by atoms with Crippen molar-refractivity contribution in [3.63, 3.8) is 0 Å². The van der Waals surface area contributed by atoms with Gasteiger partial charge in [0.15, 0.2) is 16.6 Å². The molecule has 2 aliphatic rings. The van der Waals surface area contributed by atoms with E-state index in [1.54, 1.807) is 0 Å². The molecule has 6 rings (SSSR count). The van der Waals surface area contributed by atoms with Crippen molar-refractivity contribution < 1.29 is 14.3 Å². The number of anilines is 2. The molecule has 31 heavy (non-hydrogen) atoms. The molecular formula is C23H20N4O3S. The third-order valence-electron chi connectivity index (χ3n) is 5.63. The maximum atomic E-state index is 13.3. The van der Waals surface area contributed by atoms with Gasteiger partial charge in [-0.1, -0.05) is 29.5 Å². The van der Waals surface area contributed by atoms with E-state index in [0.717, 1.165) is 58.6 Å². The Bertz CT molecular complexity index is 1270. The monoisotopic (exact) mass is 432 g/mol. The first-order valence-electron chi connectivity index (χ1n) is 10.4. The number of aromatic nitrogens is 2. The maximum Gasteiger partial charge on any atom is 0.261 e. The Morgan fingerprint density at radius 3 is 2.58 bits per heavy atom. The van der Waals surface area contributed by atoms with Crippen molar-refractivity contribution in [3.8, 4) is 11.5 Å². The number of hydrogen-bond acceptors (Lipinski definition) is 7. The van der Waals surface area contributed by atoms with Crippen LogP contribution >= 0.6 is 11.3 Å². The zero-order chi connectivity index (χ0) is 20.8. The molecule has 0 bridgehead atoms. The summed E-state index contributed by atoms with van der Waals surface area (Å²) in [5.41, 5.74) is 2.25. The molecule has 0 unspecified atom stereocenters. The Labute approximate surface area is 182 Å². The minimum absolute atomic E-state index is 0.198. The number of fused-ring (bicyclic) bond motifs is 3. The number of hydrogen-bond donors (Lipinski definition) is 1. The van der Waals surface area contributed by atoms with Crippen LogP contribution in [0.1, 0.15) is 23.2 Å². The lowest BCUT2D eigenvalue weighted by molar-refractivity contribution is 0.102. The van der Waals surface area contributed by atoms with Gasteiger partial charge in [0.25, 0.3) is 5.91 Å². The minimum atomic E-state index is -0.198. The van der Waals surface area contributed by atoms with Crippen molar-refractivity contribution in [2.75, 3.05) is 36.5 Å². The van der Waals surface area contributed by atoms with Crippen molar-refractivity contribution in [3.05, 3.63) is 48.0 Å². The van der Waals surface area contributed by atoms with Crippen molar-refractivity contribution >= 4 is 49.3 Å². The van der Waals surface area contributed by atoms with Crippen molar-refractivity contribution in [1.29, 1.82) is 0 Å². The van der Waals surface area contributed by atoms with Gasteiger partial charge in [0.1, 0.15) is 19.0 Å². The Morgan fingerprint density at radius 1 is 0.968 bits per heavy atom. The number of para-hydroxylation sites is 1. The Hall–Kier alpha value is -3.39. The molecule has 2 aromatic carbocycles. The predicted molar refractivity (Wildman–Crippen MR) is 122 cm³/mol. The molecule has 7 nitrogen and oxygen atoms in total.